The number of amides is 1. The van der Waals surface area contributed by atoms with Gasteiger partial charge in [-0.3, -0.25) is 4.79 Å². The first-order valence-corrected chi connectivity index (χ1v) is 15.0. The lowest BCUT2D eigenvalue weighted by Gasteiger charge is -2.41. The average molecular weight is 571 g/mol. The van der Waals surface area contributed by atoms with Crippen molar-refractivity contribution in [2.45, 2.75) is 56.9 Å². The summed E-state index contributed by atoms with van der Waals surface area (Å²) in [5.74, 6) is 0.825. The van der Waals surface area contributed by atoms with Gasteiger partial charge in [0.15, 0.2) is 0 Å². The molecule has 1 saturated heterocycles. The quantitative estimate of drug-likeness (QED) is 0.231. The van der Waals surface area contributed by atoms with E-state index < -0.39 is 11.5 Å². The molecule has 3 heterocycles. The molecule has 4 aromatic carbocycles. The highest BCUT2D eigenvalue weighted by molar-refractivity contribution is 5.92. The van der Waals surface area contributed by atoms with Crippen LogP contribution in [0.5, 0.6) is 5.75 Å². The van der Waals surface area contributed by atoms with Gasteiger partial charge in [0.1, 0.15) is 18.0 Å². The molecule has 2 aliphatic rings. The van der Waals surface area contributed by atoms with Gasteiger partial charge >= 0.3 is 0 Å². The minimum Gasteiger partial charge on any atom is -0.497 e. The van der Waals surface area contributed by atoms with Gasteiger partial charge in [0.25, 0.3) is 0 Å². The van der Waals surface area contributed by atoms with Gasteiger partial charge in [0.2, 0.25) is 5.91 Å². The molecule has 2 aliphatic heterocycles. The number of anilines is 2. The smallest absolute Gasteiger partial charge is 0.243 e. The number of nitrogens with one attached hydrogen (secondary N) is 2. The molecule has 6 heteroatoms. The molecular weight excluding hydrogens is 532 g/mol. The lowest BCUT2D eigenvalue weighted by atomic mass is 9.72. The molecule has 2 N–H and O–H groups in total. The number of hydrogen-bond donors (Lipinski definition) is 2. The van der Waals surface area contributed by atoms with Crippen molar-refractivity contribution in [3.05, 3.63) is 126 Å². The molecule has 6 nitrogen and oxygen atoms in total. The van der Waals surface area contributed by atoms with Crippen LogP contribution in [-0.4, -0.2) is 35.7 Å². The zero-order valence-corrected chi connectivity index (χ0v) is 25.2. The van der Waals surface area contributed by atoms with E-state index in [1.54, 1.807) is 7.11 Å². The predicted molar refractivity (Wildman–Crippen MR) is 174 cm³/mol. The molecule has 1 fully saturated rings. The zero-order valence-electron chi connectivity index (χ0n) is 25.2. The van der Waals surface area contributed by atoms with E-state index in [0.717, 1.165) is 17.0 Å². The van der Waals surface area contributed by atoms with Gasteiger partial charge in [-0.05, 0) is 80.3 Å². The number of benzene rings is 4. The summed E-state index contributed by atoms with van der Waals surface area (Å²) in [5.41, 5.74) is 6.15. The van der Waals surface area contributed by atoms with Crippen LogP contribution in [0.15, 0.2) is 109 Å². The SMILES string of the molecule is COc1ccc(N2C(C(=O)NC(C)(C)C)C[C@]3(c4c[nH]c5ccccc45)c4ccccc4N(Cc4ccccc4)[C@H]23)cc1. The van der Waals surface area contributed by atoms with E-state index in [-0.39, 0.29) is 17.6 Å². The Hall–Kier alpha value is -4.71. The van der Waals surface area contributed by atoms with Crippen molar-refractivity contribution in [2.24, 2.45) is 0 Å². The second-order valence-corrected chi connectivity index (χ2v) is 12.8. The van der Waals surface area contributed by atoms with Gasteiger partial charge in [-0.15, -0.1) is 0 Å². The highest BCUT2D eigenvalue weighted by atomic mass is 16.5. The normalized spacial score (nSPS) is 21.1. The van der Waals surface area contributed by atoms with Gasteiger partial charge in [0, 0.05) is 40.6 Å². The zero-order chi connectivity index (χ0) is 29.8. The van der Waals surface area contributed by atoms with Crippen molar-refractivity contribution in [1.29, 1.82) is 0 Å². The molecule has 0 radical (unpaired) electrons. The molecule has 5 aromatic rings. The van der Waals surface area contributed by atoms with Crippen LogP contribution in [0.4, 0.5) is 11.4 Å². The molecule has 43 heavy (non-hydrogen) atoms. The van der Waals surface area contributed by atoms with Crippen molar-refractivity contribution in [2.75, 3.05) is 16.9 Å². The molecule has 0 spiro atoms. The van der Waals surface area contributed by atoms with Crippen LogP contribution < -0.4 is 19.9 Å². The first-order valence-electron chi connectivity index (χ1n) is 15.0. The molecule has 0 saturated carbocycles. The molecule has 1 aromatic heterocycles. The fraction of sp³-hybridized carbons (Fsp3) is 0.270. The summed E-state index contributed by atoms with van der Waals surface area (Å²) in [5, 5.41) is 4.52. The third kappa shape index (κ3) is 4.44. The van der Waals surface area contributed by atoms with Gasteiger partial charge in [0.05, 0.1) is 12.5 Å². The maximum Gasteiger partial charge on any atom is 0.243 e. The third-order valence-corrected chi connectivity index (χ3v) is 8.98. The molecule has 218 valence electrons. The Bertz CT molecular complexity index is 1770. The van der Waals surface area contributed by atoms with Crippen LogP contribution in [0.2, 0.25) is 0 Å². The first-order chi connectivity index (χ1) is 20.8. The van der Waals surface area contributed by atoms with Gasteiger partial charge in [-0.2, -0.15) is 0 Å². The number of H-pyrrole nitrogens is 1. The van der Waals surface area contributed by atoms with Crippen LogP contribution in [0, 0.1) is 0 Å². The molecule has 1 unspecified atom stereocenters. The highest BCUT2D eigenvalue weighted by Crippen LogP contribution is 2.59. The van der Waals surface area contributed by atoms with Crippen LogP contribution in [0.1, 0.15) is 43.9 Å². The fourth-order valence-corrected chi connectivity index (χ4v) is 7.35. The molecule has 0 aliphatic carbocycles. The number of nitrogens with zero attached hydrogens (tertiary/aromatic N) is 2. The Kier molecular flexibility index (Phi) is 6.46. The Morgan fingerprint density at radius 1 is 0.907 bits per heavy atom. The van der Waals surface area contributed by atoms with Crippen molar-refractivity contribution >= 4 is 28.2 Å². The number of hydrogen-bond acceptors (Lipinski definition) is 4. The lowest BCUT2D eigenvalue weighted by Crippen LogP contribution is -2.55. The Morgan fingerprint density at radius 3 is 2.35 bits per heavy atom. The van der Waals surface area contributed by atoms with Crippen LogP contribution in [-0.2, 0) is 16.8 Å². The lowest BCUT2D eigenvalue weighted by molar-refractivity contribution is -0.123. The van der Waals surface area contributed by atoms with E-state index in [1.165, 1.54) is 27.8 Å². The summed E-state index contributed by atoms with van der Waals surface area (Å²) >= 11 is 0. The van der Waals surface area contributed by atoms with Crippen molar-refractivity contribution in [3.63, 3.8) is 0 Å². The fourth-order valence-electron chi connectivity index (χ4n) is 7.35. The van der Waals surface area contributed by atoms with Crippen LogP contribution in [0.3, 0.4) is 0 Å². The number of rotatable bonds is 6. The minimum atomic E-state index is -0.481. The standard InChI is InChI=1S/C37H38N4O2/c1-36(2,3)39-34(42)33-22-37(30-23-38-31-16-10-8-14-28(30)31)29-15-9-11-17-32(29)40(24-25-12-6-5-7-13-25)35(37)41(33)26-18-20-27(43-4)21-19-26/h5-21,23,33,35,38H,22,24H2,1-4H3,(H,39,42)/t33?,35-,37-/m1/s1. The summed E-state index contributed by atoms with van der Waals surface area (Å²) < 4.78 is 5.52. The van der Waals surface area contributed by atoms with Crippen molar-refractivity contribution in [1.82, 2.24) is 10.3 Å². The van der Waals surface area contributed by atoms with Gasteiger partial charge in [-0.25, -0.2) is 0 Å². The number of aromatic nitrogens is 1. The van der Waals surface area contributed by atoms with E-state index in [1.807, 2.05) is 32.9 Å². The van der Waals surface area contributed by atoms with Gasteiger partial charge in [-0.1, -0.05) is 66.7 Å². The Balaban J connectivity index is 1.50. The van der Waals surface area contributed by atoms with Gasteiger partial charge < -0.3 is 24.8 Å². The summed E-state index contributed by atoms with van der Waals surface area (Å²) in [6.07, 6.45) is 2.65. The number of carbonyl (C=O) groups excluding carboxylic acids is 1. The number of ether oxygens (including phenoxy) is 1. The largest absolute Gasteiger partial charge is 0.497 e. The summed E-state index contributed by atoms with van der Waals surface area (Å²) in [6.45, 7) is 6.85. The number of methoxy groups -OCH3 is 1. The molecule has 7 rings (SSSR count). The number of aromatic amines is 1. The monoisotopic (exact) mass is 570 g/mol. The third-order valence-electron chi connectivity index (χ3n) is 8.98. The highest BCUT2D eigenvalue weighted by Gasteiger charge is 2.63. The second-order valence-electron chi connectivity index (χ2n) is 12.8. The Morgan fingerprint density at radius 2 is 1.60 bits per heavy atom. The Labute approximate surface area is 253 Å². The maximum atomic E-state index is 14.3. The summed E-state index contributed by atoms with van der Waals surface area (Å²) in [7, 11) is 1.68. The van der Waals surface area contributed by atoms with E-state index in [9.17, 15) is 4.79 Å². The van der Waals surface area contributed by atoms with Crippen LogP contribution in [0.25, 0.3) is 10.9 Å². The molecule has 3 atom stereocenters. The van der Waals surface area contributed by atoms with Crippen LogP contribution >= 0.6 is 0 Å². The number of carbonyl (C=O) groups is 1. The summed E-state index contributed by atoms with van der Waals surface area (Å²) in [6, 6.07) is 35.7. The van der Waals surface area contributed by atoms with Crippen molar-refractivity contribution < 1.29 is 9.53 Å². The van der Waals surface area contributed by atoms with E-state index in [2.05, 4.69) is 117 Å². The van der Waals surface area contributed by atoms with Crippen molar-refractivity contribution in [3.8, 4) is 5.75 Å². The topological polar surface area (TPSA) is 60.6 Å². The number of fused-ring (bicyclic) bond motifs is 4. The minimum absolute atomic E-state index is 0.0362. The second kappa shape index (κ2) is 10.2. The van der Waals surface area contributed by atoms with E-state index >= 15 is 0 Å². The maximum absolute atomic E-state index is 14.3. The van der Waals surface area contributed by atoms with E-state index in [0.29, 0.717) is 13.0 Å². The first kappa shape index (κ1) is 27.1. The average Bonchev–Trinajstić information content (AvgIpc) is 3.67. The number of para-hydroxylation sites is 2. The molecular formula is C37H38N4O2. The summed E-state index contributed by atoms with van der Waals surface area (Å²) in [4.78, 5) is 22.8. The predicted octanol–water partition coefficient (Wildman–Crippen LogP) is 7.00. The molecule has 0 bridgehead atoms. The van der Waals surface area contributed by atoms with E-state index in [4.69, 9.17) is 4.74 Å². The molecule has 1 amide bonds.